The number of aromatic nitrogens is 3. The van der Waals surface area contributed by atoms with E-state index in [1.54, 1.807) is 19.2 Å². The number of ketones is 1. The van der Waals surface area contributed by atoms with E-state index in [9.17, 15) is 4.79 Å². The summed E-state index contributed by atoms with van der Waals surface area (Å²) >= 11 is 0. The van der Waals surface area contributed by atoms with Crippen LogP contribution in [-0.2, 0) is 0 Å². The van der Waals surface area contributed by atoms with Gasteiger partial charge in [0, 0.05) is 23.0 Å². The SMILES string of the molecule is COc1cccc(Nc2nncc(Nc3ccc(C(C)=O)cc3)n2)c1. The molecule has 1 aromatic heterocycles. The number of rotatable bonds is 6. The van der Waals surface area contributed by atoms with Crippen LogP contribution in [0.2, 0.25) is 0 Å². The Bertz CT molecular complexity index is 881. The van der Waals surface area contributed by atoms with Crippen molar-refractivity contribution < 1.29 is 9.53 Å². The van der Waals surface area contributed by atoms with Crippen LogP contribution in [0.1, 0.15) is 17.3 Å². The molecule has 0 saturated heterocycles. The molecular weight excluding hydrogens is 318 g/mol. The van der Waals surface area contributed by atoms with E-state index in [1.807, 2.05) is 36.4 Å². The highest BCUT2D eigenvalue weighted by Crippen LogP contribution is 2.20. The number of hydrogen-bond donors (Lipinski definition) is 2. The quantitative estimate of drug-likeness (QED) is 0.666. The van der Waals surface area contributed by atoms with Crippen molar-refractivity contribution in [2.45, 2.75) is 6.92 Å². The molecular formula is C18H17N5O2. The van der Waals surface area contributed by atoms with E-state index in [2.05, 4.69) is 25.8 Å². The lowest BCUT2D eigenvalue weighted by Gasteiger charge is -2.09. The minimum absolute atomic E-state index is 0.0278. The van der Waals surface area contributed by atoms with Crippen LogP contribution in [0.4, 0.5) is 23.1 Å². The fourth-order valence-corrected chi connectivity index (χ4v) is 2.18. The number of Topliss-reactive ketones (excluding diaryl/α,β-unsaturated/α-hetero) is 1. The number of ether oxygens (including phenoxy) is 1. The number of carbonyl (C=O) groups excluding carboxylic acids is 1. The second kappa shape index (κ2) is 7.39. The molecule has 0 unspecified atom stereocenters. The van der Waals surface area contributed by atoms with Gasteiger partial charge in [-0.3, -0.25) is 4.79 Å². The third kappa shape index (κ3) is 4.29. The molecule has 7 heteroatoms. The molecule has 2 N–H and O–H groups in total. The second-order valence-corrected chi connectivity index (χ2v) is 5.28. The molecule has 0 radical (unpaired) electrons. The molecule has 0 spiro atoms. The summed E-state index contributed by atoms with van der Waals surface area (Å²) in [7, 11) is 1.61. The summed E-state index contributed by atoms with van der Waals surface area (Å²) in [5, 5.41) is 14.1. The molecule has 0 amide bonds. The fourth-order valence-electron chi connectivity index (χ4n) is 2.18. The Morgan fingerprint density at radius 3 is 2.56 bits per heavy atom. The van der Waals surface area contributed by atoms with Crippen molar-refractivity contribution in [3.8, 4) is 5.75 Å². The van der Waals surface area contributed by atoms with Crippen molar-refractivity contribution in [1.82, 2.24) is 15.2 Å². The number of nitrogens with zero attached hydrogens (tertiary/aromatic N) is 3. The molecule has 3 aromatic rings. The molecule has 7 nitrogen and oxygen atoms in total. The minimum Gasteiger partial charge on any atom is -0.497 e. The molecule has 25 heavy (non-hydrogen) atoms. The van der Waals surface area contributed by atoms with Crippen molar-refractivity contribution in [2.24, 2.45) is 0 Å². The third-order valence-corrected chi connectivity index (χ3v) is 3.45. The van der Waals surface area contributed by atoms with E-state index in [1.165, 1.54) is 13.1 Å². The highest BCUT2D eigenvalue weighted by molar-refractivity contribution is 5.94. The molecule has 1 heterocycles. The first-order valence-corrected chi connectivity index (χ1v) is 7.63. The lowest BCUT2D eigenvalue weighted by Crippen LogP contribution is -2.02. The molecule has 3 rings (SSSR count). The largest absolute Gasteiger partial charge is 0.497 e. The van der Waals surface area contributed by atoms with Crippen LogP contribution >= 0.6 is 0 Å². The Balaban J connectivity index is 1.73. The van der Waals surface area contributed by atoms with Crippen molar-refractivity contribution in [3.05, 3.63) is 60.3 Å². The Labute approximate surface area is 145 Å². The zero-order valence-electron chi connectivity index (χ0n) is 13.9. The molecule has 0 bridgehead atoms. The van der Waals surface area contributed by atoms with Gasteiger partial charge in [0.25, 0.3) is 0 Å². The van der Waals surface area contributed by atoms with Crippen LogP contribution < -0.4 is 15.4 Å². The average molecular weight is 335 g/mol. The van der Waals surface area contributed by atoms with Gasteiger partial charge in [-0.1, -0.05) is 6.07 Å². The van der Waals surface area contributed by atoms with Gasteiger partial charge in [0.2, 0.25) is 5.95 Å². The number of carbonyl (C=O) groups is 1. The minimum atomic E-state index is 0.0278. The van der Waals surface area contributed by atoms with Crippen molar-refractivity contribution in [2.75, 3.05) is 17.7 Å². The summed E-state index contributed by atoms with van der Waals surface area (Å²) in [6.07, 6.45) is 1.52. The Kier molecular flexibility index (Phi) is 4.84. The number of nitrogens with one attached hydrogen (secondary N) is 2. The van der Waals surface area contributed by atoms with Gasteiger partial charge in [0.15, 0.2) is 11.6 Å². The lowest BCUT2D eigenvalue weighted by atomic mass is 10.1. The van der Waals surface area contributed by atoms with Crippen LogP contribution in [0.25, 0.3) is 0 Å². The Morgan fingerprint density at radius 1 is 1.04 bits per heavy atom. The molecule has 0 saturated carbocycles. The van der Waals surface area contributed by atoms with Crippen LogP contribution in [0.15, 0.2) is 54.7 Å². The maximum Gasteiger partial charge on any atom is 0.249 e. The summed E-state index contributed by atoms with van der Waals surface area (Å²) in [6.45, 7) is 1.54. The second-order valence-electron chi connectivity index (χ2n) is 5.28. The average Bonchev–Trinajstić information content (AvgIpc) is 2.62. The molecule has 0 aliphatic rings. The fraction of sp³-hybridized carbons (Fsp3) is 0.111. The van der Waals surface area contributed by atoms with E-state index in [0.717, 1.165) is 17.1 Å². The highest BCUT2D eigenvalue weighted by atomic mass is 16.5. The first-order valence-electron chi connectivity index (χ1n) is 7.63. The lowest BCUT2D eigenvalue weighted by molar-refractivity contribution is 0.101. The highest BCUT2D eigenvalue weighted by Gasteiger charge is 2.04. The van der Waals surface area contributed by atoms with Gasteiger partial charge in [0.1, 0.15) is 5.75 Å². The number of anilines is 4. The first kappa shape index (κ1) is 16.4. The molecule has 126 valence electrons. The third-order valence-electron chi connectivity index (χ3n) is 3.45. The number of methoxy groups -OCH3 is 1. The van der Waals surface area contributed by atoms with Crippen molar-refractivity contribution in [1.29, 1.82) is 0 Å². The van der Waals surface area contributed by atoms with E-state index in [0.29, 0.717) is 17.3 Å². The predicted molar refractivity (Wildman–Crippen MR) is 95.8 cm³/mol. The van der Waals surface area contributed by atoms with Gasteiger partial charge in [-0.15, -0.1) is 5.10 Å². The number of benzene rings is 2. The van der Waals surface area contributed by atoms with E-state index in [4.69, 9.17) is 4.74 Å². The Hall–Kier alpha value is -3.48. The standard InChI is InChI=1S/C18H17N5O2/c1-12(24)13-6-8-14(9-7-13)20-17-11-19-23-18(22-17)21-15-4-3-5-16(10-15)25-2/h3-11H,1-2H3,(H2,20,21,22,23). The summed E-state index contributed by atoms with van der Waals surface area (Å²) in [5.41, 5.74) is 2.26. The summed E-state index contributed by atoms with van der Waals surface area (Å²) in [4.78, 5) is 15.7. The van der Waals surface area contributed by atoms with Gasteiger partial charge < -0.3 is 15.4 Å². The molecule has 0 aliphatic heterocycles. The Morgan fingerprint density at radius 2 is 1.84 bits per heavy atom. The zero-order valence-corrected chi connectivity index (χ0v) is 13.9. The van der Waals surface area contributed by atoms with E-state index >= 15 is 0 Å². The van der Waals surface area contributed by atoms with Gasteiger partial charge in [-0.25, -0.2) is 0 Å². The smallest absolute Gasteiger partial charge is 0.249 e. The molecule has 0 atom stereocenters. The molecule has 0 aliphatic carbocycles. The zero-order chi connectivity index (χ0) is 17.6. The predicted octanol–water partition coefficient (Wildman–Crippen LogP) is 3.57. The maximum atomic E-state index is 11.3. The summed E-state index contributed by atoms with van der Waals surface area (Å²) in [6, 6.07) is 14.6. The van der Waals surface area contributed by atoms with Crippen LogP contribution in [0.5, 0.6) is 5.75 Å². The monoisotopic (exact) mass is 335 g/mol. The van der Waals surface area contributed by atoms with E-state index in [-0.39, 0.29) is 5.78 Å². The van der Waals surface area contributed by atoms with Gasteiger partial charge in [0.05, 0.1) is 13.3 Å². The van der Waals surface area contributed by atoms with Gasteiger partial charge >= 0.3 is 0 Å². The van der Waals surface area contributed by atoms with Crippen LogP contribution in [0, 0.1) is 0 Å². The van der Waals surface area contributed by atoms with Gasteiger partial charge in [-0.05, 0) is 43.3 Å². The first-order chi connectivity index (χ1) is 12.1. The maximum absolute atomic E-state index is 11.3. The van der Waals surface area contributed by atoms with Crippen LogP contribution in [0.3, 0.4) is 0 Å². The van der Waals surface area contributed by atoms with Crippen LogP contribution in [-0.4, -0.2) is 28.1 Å². The molecule has 0 fully saturated rings. The normalized spacial score (nSPS) is 10.2. The van der Waals surface area contributed by atoms with Crippen molar-refractivity contribution >= 4 is 28.9 Å². The number of hydrogen-bond acceptors (Lipinski definition) is 7. The summed E-state index contributed by atoms with van der Waals surface area (Å²) < 4.78 is 5.19. The molecule has 2 aromatic carbocycles. The van der Waals surface area contributed by atoms with E-state index < -0.39 is 0 Å². The van der Waals surface area contributed by atoms with Gasteiger partial charge in [-0.2, -0.15) is 10.1 Å². The van der Waals surface area contributed by atoms with Crippen molar-refractivity contribution in [3.63, 3.8) is 0 Å². The summed E-state index contributed by atoms with van der Waals surface area (Å²) in [5.74, 6) is 1.66. The topological polar surface area (TPSA) is 89.0 Å².